The third kappa shape index (κ3) is 2.60. The van der Waals surface area contributed by atoms with Gasteiger partial charge in [-0.05, 0) is 43.7 Å². The lowest BCUT2D eigenvalue weighted by Gasteiger charge is -2.25. The van der Waals surface area contributed by atoms with Crippen molar-refractivity contribution >= 4 is 5.91 Å². The molecular formula is C16H21NO2. The topological polar surface area (TPSA) is 29.5 Å². The molecule has 0 aromatic heterocycles. The van der Waals surface area contributed by atoms with Crippen LogP contribution in [0.25, 0.3) is 0 Å². The summed E-state index contributed by atoms with van der Waals surface area (Å²) in [6, 6.07) is 8.50. The van der Waals surface area contributed by atoms with Crippen molar-refractivity contribution in [2.24, 2.45) is 5.92 Å². The fourth-order valence-corrected chi connectivity index (χ4v) is 3.03. The zero-order chi connectivity index (χ0) is 13.2. The molecule has 1 atom stereocenters. The highest BCUT2D eigenvalue weighted by molar-refractivity contribution is 5.81. The lowest BCUT2D eigenvalue weighted by Crippen LogP contribution is -2.37. The van der Waals surface area contributed by atoms with E-state index in [0.717, 1.165) is 44.4 Å². The molecule has 1 heterocycles. The number of para-hydroxylation sites is 1. The molecule has 1 amide bonds. The van der Waals surface area contributed by atoms with Gasteiger partial charge >= 0.3 is 0 Å². The molecule has 3 heteroatoms. The van der Waals surface area contributed by atoms with Gasteiger partial charge in [0.15, 0.2) is 0 Å². The minimum atomic E-state index is 0.332. The van der Waals surface area contributed by atoms with Gasteiger partial charge in [-0.1, -0.05) is 18.2 Å². The van der Waals surface area contributed by atoms with E-state index in [1.165, 1.54) is 5.56 Å². The number of nitrogens with zero attached hydrogens (tertiary/aromatic N) is 1. The number of hydrogen-bond donors (Lipinski definition) is 0. The Labute approximate surface area is 114 Å². The summed E-state index contributed by atoms with van der Waals surface area (Å²) in [5.74, 6) is 1.66. The molecule has 3 nitrogen and oxygen atoms in total. The van der Waals surface area contributed by atoms with Crippen LogP contribution in [0.4, 0.5) is 0 Å². The summed E-state index contributed by atoms with van der Waals surface area (Å²) in [6.45, 7) is 0.940. The second kappa shape index (κ2) is 5.24. The van der Waals surface area contributed by atoms with Crippen LogP contribution in [0.1, 0.15) is 31.2 Å². The number of hydrogen-bond acceptors (Lipinski definition) is 2. The first-order chi connectivity index (χ1) is 9.29. The highest BCUT2D eigenvalue weighted by Crippen LogP contribution is 2.34. The van der Waals surface area contributed by atoms with E-state index in [1.807, 2.05) is 18.2 Å². The van der Waals surface area contributed by atoms with E-state index in [0.29, 0.717) is 17.9 Å². The molecule has 0 spiro atoms. The zero-order valence-corrected chi connectivity index (χ0v) is 11.5. The summed E-state index contributed by atoms with van der Waals surface area (Å²) in [5, 5.41) is 0. The molecule has 0 bridgehead atoms. The molecule has 0 radical (unpaired) electrons. The van der Waals surface area contributed by atoms with Gasteiger partial charge in [-0.25, -0.2) is 0 Å². The largest absolute Gasteiger partial charge is 0.496 e. The van der Waals surface area contributed by atoms with Gasteiger partial charge in [0.1, 0.15) is 5.75 Å². The Morgan fingerprint density at radius 1 is 1.32 bits per heavy atom. The third-order valence-corrected chi connectivity index (χ3v) is 4.23. The maximum absolute atomic E-state index is 12.3. The Balaban J connectivity index is 1.72. The number of likely N-dealkylation sites (tertiary alicyclic amines) is 1. The van der Waals surface area contributed by atoms with Crippen molar-refractivity contribution < 1.29 is 9.53 Å². The van der Waals surface area contributed by atoms with Crippen molar-refractivity contribution in [1.29, 1.82) is 0 Å². The van der Waals surface area contributed by atoms with Crippen molar-refractivity contribution in [3.63, 3.8) is 0 Å². The lowest BCUT2D eigenvalue weighted by atomic mass is 10.0. The van der Waals surface area contributed by atoms with Gasteiger partial charge in [-0.3, -0.25) is 4.79 Å². The predicted octanol–water partition coefficient (Wildman–Crippen LogP) is 2.64. The fraction of sp³-hybridized carbons (Fsp3) is 0.562. The smallest absolute Gasteiger partial charge is 0.225 e. The van der Waals surface area contributed by atoms with Gasteiger partial charge in [0.25, 0.3) is 0 Å². The summed E-state index contributed by atoms with van der Waals surface area (Å²) in [4.78, 5) is 14.4. The number of amides is 1. The Bertz CT molecular complexity index is 468. The molecule has 2 fully saturated rings. The molecule has 0 unspecified atom stereocenters. The van der Waals surface area contributed by atoms with Gasteiger partial charge in [0.05, 0.1) is 7.11 Å². The van der Waals surface area contributed by atoms with Crippen molar-refractivity contribution in [2.45, 2.75) is 38.1 Å². The SMILES string of the molecule is COc1ccccc1C[C@H]1CCCN1C(=O)C1CC1. The first-order valence-corrected chi connectivity index (χ1v) is 7.22. The summed E-state index contributed by atoms with van der Waals surface area (Å²) >= 11 is 0. The van der Waals surface area contributed by atoms with Crippen LogP contribution in [-0.2, 0) is 11.2 Å². The van der Waals surface area contributed by atoms with Crippen LogP contribution in [0.3, 0.4) is 0 Å². The summed E-state index contributed by atoms with van der Waals surface area (Å²) in [5.41, 5.74) is 1.21. The van der Waals surface area contributed by atoms with Gasteiger partial charge in [0.2, 0.25) is 5.91 Å². The van der Waals surface area contributed by atoms with Crippen LogP contribution in [0.5, 0.6) is 5.75 Å². The van der Waals surface area contributed by atoms with Crippen LogP contribution < -0.4 is 4.74 Å². The molecule has 1 aromatic carbocycles. The first kappa shape index (κ1) is 12.5. The van der Waals surface area contributed by atoms with E-state index in [2.05, 4.69) is 11.0 Å². The van der Waals surface area contributed by atoms with E-state index >= 15 is 0 Å². The van der Waals surface area contributed by atoms with E-state index in [-0.39, 0.29) is 0 Å². The average molecular weight is 259 g/mol. The van der Waals surface area contributed by atoms with Crippen LogP contribution in [0, 0.1) is 5.92 Å². The number of ether oxygens (including phenoxy) is 1. The maximum atomic E-state index is 12.3. The zero-order valence-electron chi connectivity index (χ0n) is 11.5. The number of carbonyl (C=O) groups is 1. The number of carbonyl (C=O) groups excluding carboxylic acids is 1. The van der Waals surface area contributed by atoms with Gasteiger partial charge < -0.3 is 9.64 Å². The van der Waals surface area contributed by atoms with E-state index < -0.39 is 0 Å². The average Bonchev–Trinajstić information content (AvgIpc) is 3.19. The third-order valence-electron chi connectivity index (χ3n) is 4.23. The Hall–Kier alpha value is -1.51. The van der Waals surface area contributed by atoms with E-state index in [1.54, 1.807) is 7.11 Å². The van der Waals surface area contributed by atoms with Gasteiger partial charge in [-0.2, -0.15) is 0 Å². The predicted molar refractivity (Wildman–Crippen MR) is 74.2 cm³/mol. The van der Waals surface area contributed by atoms with Crippen LogP contribution in [0.2, 0.25) is 0 Å². The fourth-order valence-electron chi connectivity index (χ4n) is 3.03. The summed E-state index contributed by atoms with van der Waals surface area (Å²) in [6.07, 6.45) is 5.37. The molecule has 1 aliphatic heterocycles. The maximum Gasteiger partial charge on any atom is 0.225 e. The standard InChI is InChI=1S/C16H21NO2/c1-19-15-7-3-2-5-13(15)11-14-6-4-10-17(14)16(18)12-8-9-12/h2-3,5,7,12,14H,4,6,8-11H2,1H3/t14-/m1/s1. The Morgan fingerprint density at radius 3 is 2.84 bits per heavy atom. The highest BCUT2D eigenvalue weighted by Gasteiger charge is 2.38. The molecule has 2 aliphatic rings. The van der Waals surface area contributed by atoms with Crippen molar-refractivity contribution in [3.8, 4) is 5.75 Å². The molecule has 0 N–H and O–H groups in total. The van der Waals surface area contributed by atoms with Gasteiger partial charge in [-0.15, -0.1) is 0 Å². The molecular weight excluding hydrogens is 238 g/mol. The van der Waals surface area contributed by atoms with Crippen LogP contribution >= 0.6 is 0 Å². The first-order valence-electron chi connectivity index (χ1n) is 7.22. The van der Waals surface area contributed by atoms with E-state index in [4.69, 9.17) is 4.74 Å². The van der Waals surface area contributed by atoms with Crippen molar-refractivity contribution in [2.75, 3.05) is 13.7 Å². The van der Waals surface area contributed by atoms with Crippen LogP contribution in [-0.4, -0.2) is 30.5 Å². The number of rotatable bonds is 4. The second-order valence-corrected chi connectivity index (χ2v) is 5.62. The summed E-state index contributed by atoms with van der Waals surface area (Å²) < 4.78 is 5.41. The molecule has 1 saturated heterocycles. The summed E-state index contributed by atoms with van der Waals surface area (Å²) in [7, 11) is 1.71. The second-order valence-electron chi connectivity index (χ2n) is 5.62. The Morgan fingerprint density at radius 2 is 2.11 bits per heavy atom. The quantitative estimate of drug-likeness (QED) is 0.832. The molecule has 1 saturated carbocycles. The van der Waals surface area contributed by atoms with Crippen molar-refractivity contribution in [3.05, 3.63) is 29.8 Å². The minimum Gasteiger partial charge on any atom is -0.496 e. The molecule has 19 heavy (non-hydrogen) atoms. The van der Waals surface area contributed by atoms with Gasteiger partial charge in [0, 0.05) is 18.5 Å². The monoisotopic (exact) mass is 259 g/mol. The molecule has 102 valence electrons. The van der Waals surface area contributed by atoms with Crippen molar-refractivity contribution in [1.82, 2.24) is 4.90 Å². The Kier molecular flexibility index (Phi) is 3.45. The number of benzene rings is 1. The van der Waals surface area contributed by atoms with E-state index in [9.17, 15) is 4.79 Å². The number of methoxy groups -OCH3 is 1. The lowest BCUT2D eigenvalue weighted by molar-refractivity contribution is -0.133. The highest BCUT2D eigenvalue weighted by atomic mass is 16.5. The normalized spacial score (nSPS) is 22.6. The van der Waals surface area contributed by atoms with Crippen LogP contribution in [0.15, 0.2) is 24.3 Å². The minimum absolute atomic E-state index is 0.332. The molecule has 1 aromatic rings. The molecule has 3 rings (SSSR count). The molecule has 1 aliphatic carbocycles.